The Bertz CT molecular complexity index is 1070. The molecule has 2 aromatic carbocycles. The van der Waals surface area contributed by atoms with Gasteiger partial charge in [0.05, 0.1) is 17.3 Å². The minimum atomic E-state index is 0.738. The van der Waals surface area contributed by atoms with Crippen LogP contribution in [-0.2, 0) is 6.54 Å². The second kappa shape index (κ2) is 6.64. The van der Waals surface area contributed by atoms with Gasteiger partial charge in [-0.1, -0.05) is 23.7 Å². The normalized spacial score (nSPS) is 11.3. The fourth-order valence-corrected chi connectivity index (χ4v) is 4.21. The van der Waals surface area contributed by atoms with Crippen molar-refractivity contribution in [3.63, 3.8) is 0 Å². The standard InChI is InChI=1S/C20H17ClN2OS/c1-22-10-13-4-3-12(9-15(13)21)19-17(24-2)6-5-16-20(19)14-7-8-25-18(14)11-23-16/h3-9,11,22H,10H2,1-2H3. The average Bonchev–Trinajstić information content (AvgIpc) is 3.11. The smallest absolute Gasteiger partial charge is 0.127 e. The highest BCUT2D eigenvalue weighted by Crippen LogP contribution is 2.41. The van der Waals surface area contributed by atoms with Crippen LogP contribution in [0.5, 0.6) is 5.75 Å². The van der Waals surface area contributed by atoms with E-state index >= 15 is 0 Å². The van der Waals surface area contributed by atoms with Gasteiger partial charge in [-0.3, -0.25) is 4.98 Å². The molecule has 1 N–H and O–H groups in total. The van der Waals surface area contributed by atoms with E-state index in [1.54, 1.807) is 18.4 Å². The van der Waals surface area contributed by atoms with E-state index in [2.05, 4.69) is 33.9 Å². The van der Waals surface area contributed by atoms with Crippen molar-refractivity contribution in [2.75, 3.05) is 14.2 Å². The van der Waals surface area contributed by atoms with Gasteiger partial charge in [0.1, 0.15) is 5.75 Å². The molecule has 0 bridgehead atoms. The highest BCUT2D eigenvalue weighted by Gasteiger charge is 2.16. The molecule has 0 aliphatic carbocycles. The zero-order valence-electron chi connectivity index (χ0n) is 14.0. The summed E-state index contributed by atoms with van der Waals surface area (Å²) >= 11 is 8.20. The Hall–Kier alpha value is -2.14. The number of aromatic nitrogens is 1. The van der Waals surface area contributed by atoms with Crippen LogP contribution in [0.15, 0.2) is 48.0 Å². The molecule has 5 heteroatoms. The van der Waals surface area contributed by atoms with E-state index in [1.807, 2.05) is 31.4 Å². The van der Waals surface area contributed by atoms with E-state index in [-0.39, 0.29) is 0 Å². The minimum Gasteiger partial charge on any atom is -0.496 e. The van der Waals surface area contributed by atoms with Crippen LogP contribution in [0, 0.1) is 0 Å². The molecular weight excluding hydrogens is 352 g/mol. The number of nitrogens with zero attached hydrogens (tertiary/aromatic N) is 1. The number of nitrogens with one attached hydrogen (secondary N) is 1. The summed E-state index contributed by atoms with van der Waals surface area (Å²) in [6, 6.07) is 12.3. The molecule has 0 unspecified atom stereocenters. The van der Waals surface area contributed by atoms with Crippen molar-refractivity contribution in [1.82, 2.24) is 10.3 Å². The summed E-state index contributed by atoms with van der Waals surface area (Å²) in [5.74, 6) is 0.824. The lowest BCUT2D eigenvalue weighted by Gasteiger charge is -2.14. The molecule has 4 aromatic rings. The van der Waals surface area contributed by atoms with E-state index in [9.17, 15) is 0 Å². The molecule has 0 radical (unpaired) electrons. The third-order valence-electron chi connectivity index (χ3n) is 4.36. The molecule has 0 atom stereocenters. The second-order valence-corrected chi connectivity index (χ2v) is 7.19. The lowest BCUT2D eigenvalue weighted by Crippen LogP contribution is -2.05. The molecule has 2 aromatic heterocycles. The zero-order valence-corrected chi connectivity index (χ0v) is 15.5. The first-order chi connectivity index (χ1) is 12.2. The van der Waals surface area contributed by atoms with Crippen molar-refractivity contribution < 1.29 is 4.74 Å². The molecular formula is C20H17ClN2OS. The fourth-order valence-electron chi connectivity index (χ4n) is 3.20. The SMILES string of the molecule is CNCc1ccc(-c2c(OC)ccc3ncc4sccc4c23)cc1Cl. The number of hydrogen-bond acceptors (Lipinski definition) is 4. The Morgan fingerprint density at radius 3 is 2.84 bits per heavy atom. The van der Waals surface area contributed by atoms with Crippen LogP contribution in [0.2, 0.25) is 5.02 Å². The van der Waals surface area contributed by atoms with E-state index in [4.69, 9.17) is 16.3 Å². The largest absolute Gasteiger partial charge is 0.496 e. The minimum absolute atomic E-state index is 0.738. The van der Waals surface area contributed by atoms with Crippen molar-refractivity contribution in [2.45, 2.75) is 6.54 Å². The summed E-state index contributed by atoms with van der Waals surface area (Å²) in [7, 11) is 3.61. The Morgan fingerprint density at radius 1 is 1.20 bits per heavy atom. The molecule has 3 nitrogen and oxygen atoms in total. The van der Waals surface area contributed by atoms with Crippen LogP contribution in [0.1, 0.15) is 5.56 Å². The van der Waals surface area contributed by atoms with Gasteiger partial charge >= 0.3 is 0 Å². The highest BCUT2D eigenvalue weighted by molar-refractivity contribution is 7.17. The quantitative estimate of drug-likeness (QED) is 0.516. The molecule has 0 spiro atoms. The molecule has 0 fully saturated rings. The number of pyridine rings is 1. The summed E-state index contributed by atoms with van der Waals surface area (Å²) in [6.07, 6.45) is 1.93. The Kier molecular flexibility index (Phi) is 4.34. The molecule has 0 saturated heterocycles. The van der Waals surface area contributed by atoms with E-state index in [0.29, 0.717) is 0 Å². The van der Waals surface area contributed by atoms with Crippen molar-refractivity contribution in [2.24, 2.45) is 0 Å². The summed E-state index contributed by atoms with van der Waals surface area (Å²) in [4.78, 5) is 4.62. The van der Waals surface area contributed by atoms with Gasteiger partial charge in [0, 0.05) is 34.1 Å². The highest BCUT2D eigenvalue weighted by atomic mass is 35.5. The predicted octanol–water partition coefficient (Wildman–Crippen LogP) is 5.50. The number of thiophene rings is 1. The molecule has 25 heavy (non-hydrogen) atoms. The lowest BCUT2D eigenvalue weighted by atomic mass is 9.96. The molecule has 4 rings (SSSR count). The van der Waals surface area contributed by atoms with Gasteiger partial charge < -0.3 is 10.1 Å². The lowest BCUT2D eigenvalue weighted by molar-refractivity contribution is 0.417. The van der Waals surface area contributed by atoms with Crippen LogP contribution < -0.4 is 10.1 Å². The van der Waals surface area contributed by atoms with E-state index in [0.717, 1.165) is 44.9 Å². The van der Waals surface area contributed by atoms with Crippen LogP contribution in [0.3, 0.4) is 0 Å². The van der Waals surface area contributed by atoms with Crippen LogP contribution >= 0.6 is 22.9 Å². The number of benzene rings is 2. The summed E-state index contributed by atoms with van der Waals surface area (Å²) in [5, 5.41) is 8.28. The first-order valence-corrected chi connectivity index (χ1v) is 9.25. The van der Waals surface area contributed by atoms with Crippen molar-refractivity contribution in [1.29, 1.82) is 0 Å². The number of hydrogen-bond donors (Lipinski definition) is 1. The van der Waals surface area contributed by atoms with Crippen LogP contribution in [0.25, 0.3) is 32.1 Å². The van der Waals surface area contributed by atoms with Crippen molar-refractivity contribution in [3.8, 4) is 16.9 Å². The van der Waals surface area contributed by atoms with E-state index in [1.165, 1.54) is 10.1 Å². The van der Waals surface area contributed by atoms with Gasteiger partial charge in [-0.15, -0.1) is 11.3 Å². The van der Waals surface area contributed by atoms with Crippen molar-refractivity contribution >= 4 is 43.9 Å². The van der Waals surface area contributed by atoms with Gasteiger partial charge in [-0.05, 0) is 47.8 Å². The van der Waals surface area contributed by atoms with Gasteiger partial charge in [-0.25, -0.2) is 0 Å². The number of methoxy groups -OCH3 is 1. The predicted molar refractivity (Wildman–Crippen MR) is 107 cm³/mol. The van der Waals surface area contributed by atoms with Gasteiger partial charge in [0.15, 0.2) is 0 Å². The summed E-state index contributed by atoms with van der Waals surface area (Å²) < 4.78 is 6.84. The molecule has 126 valence electrons. The first kappa shape index (κ1) is 16.3. The molecule has 0 amide bonds. The second-order valence-electron chi connectivity index (χ2n) is 5.83. The number of rotatable bonds is 4. The van der Waals surface area contributed by atoms with Gasteiger partial charge in [0.25, 0.3) is 0 Å². The van der Waals surface area contributed by atoms with Gasteiger partial charge in [-0.2, -0.15) is 0 Å². The fraction of sp³-hybridized carbons (Fsp3) is 0.150. The first-order valence-electron chi connectivity index (χ1n) is 7.99. The third-order valence-corrected chi connectivity index (χ3v) is 5.56. The summed E-state index contributed by atoms with van der Waals surface area (Å²) in [6.45, 7) is 0.738. The summed E-state index contributed by atoms with van der Waals surface area (Å²) in [5.41, 5.74) is 4.10. The van der Waals surface area contributed by atoms with E-state index < -0.39 is 0 Å². The Morgan fingerprint density at radius 2 is 2.08 bits per heavy atom. The molecule has 0 aliphatic rings. The molecule has 0 aliphatic heterocycles. The maximum absolute atomic E-state index is 6.51. The topological polar surface area (TPSA) is 34.1 Å². The van der Waals surface area contributed by atoms with Gasteiger partial charge in [0.2, 0.25) is 0 Å². The monoisotopic (exact) mass is 368 g/mol. The number of fused-ring (bicyclic) bond motifs is 3. The average molecular weight is 369 g/mol. The number of halogens is 1. The maximum atomic E-state index is 6.51. The van der Waals surface area contributed by atoms with Crippen LogP contribution in [-0.4, -0.2) is 19.1 Å². The molecule has 2 heterocycles. The third kappa shape index (κ3) is 2.76. The van der Waals surface area contributed by atoms with Crippen molar-refractivity contribution in [3.05, 3.63) is 58.6 Å². The Labute approximate surface area is 155 Å². The number of ether oxygens (including phenoxy) is 1. The maximum Gasteiger partial charge on any atom is 0.127 e. The van der Waals surface area contributed by atoms with Crippen LogP contribution in [0.4, 0.5) is 0 Å². The zero-order chi connectivity index (χ0) is 17.4. The Balaban J connectivity index is 2.05. The molecule has 0 saturated carbocycles.